The number of nitrogens with zero attached hydrogens (tertiary/aromatic N) is 2. The van der Waals surface area contributed by atoms with Gasteiger partial charge in [0.05, 0.1) is 19.0 Å². The molecule has 0 aliphatic carbocycles. The lowest BCUT2D eigenvalue weighted by Gasteiger charge is -2.04. The summed E-state index contributed by atoms with van der Waals surface area (Å²) >= 11 is 5.99. The number of nitrogens with one attached hydrogen (secondary N) is 2. The molecule has 0 atom stereocenters. The lowest BCUT2D eigenvalue weighted by molar-refractivity contribution is 0.0947. The van der Waals surface area contributed by atoms with Crippen LogP contribution in [0.4, 0.5) is 0 Å². The van der Waals surface area contributed by atoms with Crippen molar-refractivity contribution < 1.29 is 9.53 Å². The Morgan fingerprint density at radius 3 is 3.00 bits per heavy atom. The van der Waals surface area contributed by atoms with Gasteiger partial charge in [-0.1, -0.05) is 17.7 Å². The maximum Gasteiger partial charge on any atom is 0.267 e. The maximum absolute atomic E-state index is 12.4. The van der Waals surface area contributed by atoms with Gasteiger partial charge in [0.25, 0.3) is 5.91 Å². The average Bonchev–Trinajstić information content (AvgIpc) is 3.33. The molecule has 7 heteroatoms. The normalized spacial score (nSPS) is 10.9. The van der Waals surface area contributed by atoms with E-state index in [1.807, 2.05) is 42.6 Å². The van der Waals surface area contributed by atoms with Gasteiger partial charge in [-0.3, -0.25) is 4.79 Å². The number of amides is 1. The number of aromatic nitrogens is 3. The minimum atomic E-state index is -0.184. The molecule has 2 aromatic heterocycles. The zero-order chi connectivity index (χ0) is 18.8. The third-order valence-corrected chi connectivity index (χ3v) is 4.47. The van der Waals surface area contributed by atoms with Crippen molar-refractivity contribution in [1.29, 1.82) is 0 Å². The molecule has 0 unspecified atom stereocenters. The number of H-pyrrole nitrogens is 1. The summed E-state index contributed by atoms with van der Waals surface area (Å²) in [6.45, 7) is 0.374. The number of rotatable bonds is 5. The van der Waals surface area contributed by atoms with Gasteiger partial charge in [0.2, 0.25) is 0 Å². The fourth-order valence-electron chi connectivity index (χ4n) is 2.85. The first-order valence-corrected chi connectivity index (χ1v) is 8.74. The molecular weight excluding hydrogens is 364 g/mol. The topological polar surface area (TPSA) is 71.9 Å². The van der Waals surface area contributed by atoms with Gasteiger partial charge < -0.3 is 15.0 Å². The Hall–Kier alpha value is -3.25. The first-order chi connectivity index (χ1) is 13.1. The lowest BCUT2D eigenvalue weighted by Crippen LogP contribution is -2.22. The van der Waals surface area contributed by atoms with Gasteiger partial charge in [0.1, 0.15) is 11.4 Å². The molecule has 1 amide bonds. The van der Waals surface area contributed by atoms with Gasteiger partial charge in [0, 0.05) is 40.3 Å². The Labute approximate surface area is 160 Å². The molecule has 2 heterocycles. The van der Waals surface area contributed by atoms with Crippen molar-refractivity contribution in [2.45, 2.75) is 6.54 Å². The number of hydrogen-bond donors (Lipinski definition) is 2. The van der Waals surface area contributed by atoms with Gasteiger partial charge >= 0.3 is 0 Å². The molecule has 0 fully saturated rings. The van der Waals surface area contributed by atoms with Crippen molar-refractivity contribution in [1.82, 2.24) is 20.1 Å². The number of aromatic amines is 1. The van der Waals surface area contributed by atoms with Crippen LogP contribution in [0.1, 0.15) is 16.1 Å². The molecule has 27 heavy (non-hydrogen) atoms. The number of ether oxygens (including phenoxy) is 1. The fourth-order valence-corrected chi connectivity index (χ4v) is 3.03. The zero-order valence-electron chi connectivity index (χ0n) is 14.6. The van der Waals surface area contributed by atoms with Gasteiger partial charge in [-0.15, -0.1) is 0 Å². The van der Waals surface area contributed by atoms with Gasteiger partial charge in [-0.25, -0.2) is 4.68 Å². The van der Waals surface area contributed by atoms with E-state index in [4.69, 9.17) is 16.3 Å². The molecule has 0 aliphatic rings. The quantitative estimate of drug-likeness (QED) is 0.550. The van der Waals surface area contributed by atoms with E-state index in [9.17, 15) is 4.79 Å². The Morgan fingerprint density at radius 2 is 2.15 bits per heavy atom. The maximum atomic E-state index is 12.4. The predicted octanol–water partition coefficient (Wildman–Crippen LogP) is 3.95. The molecule has 0 aliphatic heterocycles. The summed E-state index contributed by atoms with van der Waals surface area (Å²) < 4.78 is 6.98. The average molecular weight is 381 g/mol. The summed E-state index contributed by atoms with van der Waals surface area (Å²) in [7, 11) is 1.63. The Morgan fingerprint density at radius 1 is 1.26 bits per heavy atom. The van der Waals surface area contributed by atoms with E-state index in [2.05, 4.69) is 15.4 Å². The third kappa shape index (κ3) is 3.66. The Kier molecular flexibility index (Phi) is 4.56. The molecule has 0 saturated heterocycles. The van der Waals surface area contributed by atoms with Crippen LogP contribution in [-0.2, 0) is 6.54 Å². The molecule has 2 N–H and O–H groups in total. The monoisotopic (exact) mass is 380 g/mol. The van der Waals surface area contributed by atoms with Gasteiger partial charge in [-0.2, -0.15) is 5.10 Å². The Balaban J connectivity index is 1.45. The zero-order valence-corrected chi connectivity index (χ0v) is 15.3. The van der Waals surface area contributed by atoms with Crippen LogP contribution in [0.15, 0.2) is 60.9 Å². The standard InChI is InChI=1S/C20H17ClN4O2/c1-27-17-4-2-3-16(9-17)25-12-13(11-23-25)10-22-20(26)19-8-14-7-15(21)5-6-18(14)24-19/h2-9,11-12,24H,10H2,1H3,(H,22,26). The molecular formula is C20H17ClN4O2. The summed E-state index contributed by atoms with van der Waals surface area (Å²) in [5.41, 5.74) is 3.15. The summed E-state index contributed by atoms with van der Waals surface area (Å²) in [5.74, 6) is 0.577. The number of carbonyl (C=O) groups is 1. The van der Waals surface area contributed by atoms with Crippen LogP contribution >= 0.6 is 11.6 Å². The number of carbonyl (C=O) groups excluding carboxylic acids is 1. The number of fused-ring (bicyclic) bond motifs is 1. The molecule has 4 aromatic rings. The molecule has 6 nitrogen and oxygen atoms in total. The Bertz CT molecular complexity index is 1120. The van der Waals surface area contributed by atoms with Crippen molar-refractivity contribution in [3.63, 3.8) is 0 Å². The van der Waals surface area contributed by atoms with Crippen LogP contribution < -0.4 is 10.1 Å². The minimum absolute atomic E-state index is 0.184. The second-order valence-electron chi connectivity index (χ2n) is 6.09. The van der Waals surface area contributed by atoms with Crippen molar-refractivity contribution in [2.24, 2.45) is 0 Å². The van der Waals surface area contributed by atoms with Crippen molar-refractivity contribution in [3.05, 3.63) is 77.2 Å². The highest BCUT2D eigenvalue weighted by Gasteiger charge is 2.10. The summed E-state index contributed by atoms with van der Waals surface area (Å²) in [5, 5.41) is 8.78. The highest BCUT2D eigenvalue weighted by Crippen LogP contribution is 2.20. The van der Waals surface area contributed by atoms with E-state index in [0.717, 1.165) is 27.9 Å². The van der Waals surface area contributed by atoms with E-state index < -0.39 is 0 Å². The van der Waals surface area contributed by atoms with Crippen molar-refractivity contribution in [2.75, 3.05) is 7.11 Å². The number of hydrogen-bond acceptors (Lipinski definition) is 3. The summed E-state index contributed by atoms with van der Waals surface area (Å²) in [6, 6.07) is 14.9. The molecule has 0 spiro atoms. The van der Waals surface area contributed by atoms with Gasteiger partial charge in [0.15, 0.2) is 0 Å². The SMILES string of the molecule is COc1cccc(-n2cc(CNC(=O)c3cc4cc(Cl)ccc4[nH]3)cn2)c1. The summed E-state index contributed by atoms with van der Waals surface area (Å²) in [4.78, 5) is 15.5. The highest BCUT2D eigenvalue weighted by molar-refractivity contribution is 6.31. The van der Waals surface area contributed by atoms with E-state index in [1.165, 1.54) is 0 Å². The second-order valence-corrected chi connectivity index (χ2v) is 6.53. The predicted molar refractivity (Wildman–Crippen MR) is 105 cm³/mol. The van der Waals surface area contributed by atoms with Crippen LogP contribution in [0.25, 0.3) is 16.6 Å². The number of methoxy groups -OCH3 is 1. The number of halogens is 1. The third-order valence-electron chi connectivity index (χ3n) is 4.23. The highest BCUT2D eigenvalue weighted by atomic mass is 35.5. The molecule has 0 saturated carbocycles. The molecule has 4 rings (SSSR count). The largest absolute Gasteiger partial charge is 0.497 e. The minimum Gasteiger partial charge on any atom is -0.497 e. The molecule has 0 radical (unpaired) electrons. The van der Waals surface area contributed by atoms with Crippen LogP contribution in [0.5, 0.6) is 5.75 Å². The van der Waals surface area contributed by atoms with Crippen molar-refractivity contribution >= 4 is 28.4 Å². The molecule has 2 aromatic carbocycles. The first kappa shape index (κ1) is 17.2. The number of benzene rings is 2. The smallest absolute Gasteiger partial charge is 0.267 e. The first-order valence-electron chi connectivity index (χ1n) is 8.37. The molecule has 136 valence electrons. The van der Waals surface area contributed by atoms with E-state index in [-0.39, 0.29) is 5.91 Å². The summed E-state index contributed by atoms with van der Waals surface area (Å²) in [6.07, 6.45) is 3.60. The lowest BCUT2D eigenvalue weighted by atomic mass is 10.2. The van der Waals surface area contributed by atoms with Gasteiger partial charge in [-0.05, 0) is 36.4 Å². The fraction of sp³-hybridized carbons (Fsp3) is 0.100. The van der Waals surface area contributed by atoms with E-state index in [1.54, 1.807) is 30.1 Å². The van der Waals surface area contributed by atoms with E-state index >= 15 is 0 Å². The van der Waals surface area contributed by atoms with Crippen LogP contribution in [-0.4, -0.2) is 27.8 Å². The second kappa shape index (κ2) is 7.17. The van der Waals surface area contributed by atoms with Crippen LogP contribution in [0, 0.1) is 0 Å². The van der Waals surface area contributed by atoms with Crippen LogP contribution in [0.2, 0.25) is 5.02 Å². The van der Waals surface area contributed by atoms with Crippen LogP contribution in [0.3, 0.4) is 0 Å². The van der Waals surface area contributed by atoms with E-state index in [0.29, 0.717) is 17.3 Å². The van der Waals surface area contributed by atoms with Crippen molar-refractivity contribution in [3.8, 4) is 11.4 Å². The molecule has 0 bridgehead atoms.